The third kappa shape index (κ3) is 4.34. The zero-order valence-electron chi connectivity index (χ0n) is 12.6. The predicted molar refractivity (Wildman–Crippen MR) is 86.1 cm³/mol. The van der Waals surface area contributed by atoms with Crippen LogP contribution in [-0.4, -0.2) is 25.5 Å². The number of aryl methyl sites for hydroxylation is 1. The second-order valence-electron chi connectivity index (χ2n) is 4.84. The minimum absolute atomic E-state index is 0.145. The van der Waals surface area contributed by atoms with Gasteiger partial charge in [-0.25, -0.2) is 4.79 Å². The molecule has 5 heteroatoms. The second-order valence-corrected chi connectivity index (χ2v) is 4.84. The second kappa shape index (κ2) is 7.26. The van der Waals surface area contributed by atoms with Gasteiger partial charge in [-0.3, -0.25) is 4.79 Å². The van der Waals surface area contributed by atoms with Gasteiger partial charge in [-0.15, -0.1) is 0 Å². The molecule has 2 N–H and O–H groups in total. The van der Waals surface area contributed by atoms with Crippen LogP contribution in [0.4, 0.5) is 11.4 Å². The number of amides is 1. The summed E-state index contributed by atoms with van der Waals surface area (Å²) in [6, 6.07) is 14.4. The van der Waals surface area contributed by atoms with Crippen LogP contribution in [0.15, 0.2) is 48.5 Å². The number of hydrogen-bond acceptors (Lipinski definition) is 4. The maximum Gasteiger partial charge on any atom is 0.337 e. The Hall–Kier alpha value is -2.82. The molecule has 0 aliphatic rings. The third-order valence-corrected chi connectivity index (χ3v) is 3.04. The van der Waals surface area contributed by atoms with Gasteiger partial charge in [0.05, 0.1) is 19.2 Å². The highest BCUT2D eigenvalue weighted by atomic mass is 16.5. The van der Waals surface area contributed by atoms with Gasteiger partial charge in [0.1, 0.15) is 0 Å². The normalized spacial score (nSPS) is 9.91. The predicted octanol–water partition coefficient (Wildman–Crippen LogP) is 2.83. The number of methoxy groups -OCH3 is 1. The van der Waals surface area contributed by atoms with Crippen LogP contribution < -0.4 is 10.6 Å². The highest BCUT2D eigenvalue weighted by Gasteiger charge is 2.07. The number of esters is 1. The standard InChI is InChI=1S/C17H18N2O3/c1-12-5-3-7-14(9-12)18-11-16(20)19-15-8-4-6-13(10-15)17(21)22-2/h3-10,18H,11H2,1-2H3,(H,19,20). The minimum Gasteiger partial charge on any atom is -0.465 e. The fourth-order valence-corrected chi connectivity index (χ4v) is 1.98. The van der Waals surface area contributed by atoms with Crippen molar-refractivity contribution in [3.63, 3.8) is 0 Å². The van der Waals surface area contributed by atoms with E-state index in [2.05, 4.69) is 15.4 Å². The molecule has 114 valence electrons. The highest BCUT2D eigenvalue weighted by Crippen LogP contribution is 2.12. The molecule has 0 atom stereocenters. The first kappa shape index (κ1) is 15.6. The fraction of sp³-hybridized carbons (Fsp3) is 0.176. The van der Waals surface area contributed by atoms with Crippen LogP contribution in [0.25, 0.3) is 0 Å². The van der Waals surface area contributed by atoms with E-state index in [4.69, 9.17) is 0 Å². The van der Waals surface area contributed by atoms with Crippen molar-refractivity contribution in [2.45, 2.75) is 6.92 Å². The number of carbonyl (C=O) groups is 2. The van der Waals surface area contributed by atoms with Crippen LogP contribution in [0.1, 0.15) is 15.9 Å². The highest BCUT2D eigenvalue weighted by molar-refractivity contribution is 5.96. The molecular weight excluding hydrogens is 280 g/mol. The van der Waals surface area contributed by atoms with Crippen LogP contribution in [0.3, 0.4) is 0 Å². The summed E-state index contributed by atoms with van der Waals surface area (Å²) in [7, 11) is 1.32. The summed E-state index contributed by atoms with van der Waals surface area (Å²) in [6.45, 7) is 2.13. The van der Waals surface area contributed by atoms with E-state index in [0.29, 0.717) is 11.3 Å². The topological polar surface area (TPSA) is 67.4 Å². The molecule has 0 unspecified atom stereocenters. The molecule has 0 aliphatic carbocycles. The molecule has 1 amide bonds. The molecule has 2 aromatic carbocycles. The Morgan fingerprint density at radius 3 is 2.50 bits per heavy atom. The maximum atomic E-state index is 11.9. The molecule has 2 aromatic rings. The van der Waals surface area contributed by atoms with Crippen LogP contribution in [0.5, 0.6) is 0 Å². The Balaban J connectivity index is 1.93. The lowest BCUT2D eigenvalue weighted by atomic mass is 10.2. The summed E-state index contributed by atoms with van der Waals surface area (Å²) in [5.74, 6) is -0.627. The molecule has 0 bridgehead atoms. The zero-order chi connectivity index (χ0) is 15.9. The molecule has 0 fully saturated rings. The Morgan fingerprint density at radius 2 is 1.77 bits per heavy atom. The number of rotatable bonds is 5. The van der Waals surface area contributed by atoms with E-state index < -0.39 is 5.97 Å². The molecule has 22 heavy (non-hydrogen) atoms. The van der Waals surface area contributed by atoms with Gasteiger partial charge in [-0.1, -0.05) is 18.2 Å². The van der Waals surface area contributed by atoms with Gasteiger partial charge >= 0.3 is 5.97 Å². The van der Waals surface area contributed by atoms with E-state index >= 15 is 0 Å². The Morgan fingerprint density at radius 1 is 1.05 bits per heavy atom. The number of nitrogens with one attached hydrogen (secondary N) is 2. The van der Waals surface area contributed by atoms with E-state index in [1.165, 1.54) is 7.11 Å². The maximum absolute atomic E-state index is 11.9. The van der Waals surface area contributed by atoms with Crippen LogP contribution in [-0.2, 0) is 9.53 Å². The molecule has 0 saturated heterocycles. The van der Waals surface area contributed by atoms with E-state index in [9.17, 15) is 9.59 Å². The van der Waals surface area contributed by atoms with Crippen molar-refractivity contribution in [1.82, 2.24) is 0 Å². The molecule has 0 aliphatic heterocycles. The summed E-state index contributed by atoms with van der Waals surface area (Å²) in [4.78, 5) is 23.4. The molecule has 0 saturated carbocycles. The zero-order valence-corrected chi connectivity index (χ0v) is 12.6. The van der Waals surface area contributed by atoms with Crippen molar-refractivity contribution < 1.29 is 14.3 Å². The van der Waals surface area contributed by atoms with Crippen LogP contribution in [0, 0.1) is 6.92 Å². The third-order valence-electron chi connectivity index (χ3n) is 3.04. The molecule has 2 rings (SSSR count). The van der Waals surface area contributed by atoms with E-state index in [0.717, 1.165) is 11.3 Å². The van der Waals surface area contributed by atoms with Crippen molar-refractivity contribution in [1.29, 1.82) is 0 Å². The first-order valence-electron chi connectivity index (χ1n) is 6.87. The van der Waals surface area contributed by atoms with Gasteiger partial charge in [0.2, 0.25) is 5.91 Å². The number of ether oxygens (including phenoxy) is 1. The summed E-state index contributed by atoms with van der Waals surface area (Å²) < 4.78 is 4.65. The molecule has 0 heterocycles. The lowest BCUT2D eigenvalue weighted by Gasteiger charge is -2.09. The van der Waals surface area contributed by atoms with Gasteiger partial charge in [-0.2, -0.15) is 0 Å². The van der Waals surface area contributed by atoms with Gasteiger partial charge in [-0.05, 0) is 42.8 Å². The molecule has 0 aromatic heterocycles. The first-order chi connectivity index (χ1) is 10.6. The van der Waals surface area contributed by atoms with Crippen LogP contribution in [0.2, 0.25) is 0 Å². The Bertz CT molecular complexity index is 683. The van der Waals surface area contributed by atoms with Crippen molar-refractivity contribution in [3.05, 3.63) is 59.7 Å². The van der Waals surface area contributed by atoms with Crippen molar-refractivity contribution in [3.8, 4) is 0 Å². The molecule has 0 spiro atoms. The number of hydrogen-bond donors (Lipinski definition) is 2. The summed E-state index contributed by atoms with van der Waals surface area (Å²) >= 11 is 0. The summed E-state index contributed by atoms with van der Waals surface area (Å²) in [5, 5.41) is 5.79. The average Bonchev–Trinajstić information content (AvgIpc) is 2.52. The number of benzene rings is 2. The number of anilines is 2. The van der Waals surface area contributed by atoms with Crippen molar-refractivity contribution in [2.75, 3.05) is 24.3 Å². The SMILES string of the molecule is COC(=O)c1cccc(NC(=O)CNc2cccc(C)c2)c1. The number of carbonyl (C=O) groups excluding carboxylic acids is 2. The molecule has 5 nitrogen and oxygen atoms in total. The van der Waals surface area contributed by atoms with E-state index in [1.807, 2.05) is 31.2 Å². The largest absolute Gasteiger partial charge is 0.465 e. The fourth-order valence-electron chi connectivity index (χ4n) is 1.98. The van der Waals surface area contributed by atoms with Gasteiger partial charge < -0.3 is 15.4 Å². The van der Waals surface area contributed by atoms with Crippen molar-refractivity contribution in [2.24, 2.45) is 0 Å². The van der Waals surface area contributed by atoms with Gasteiger partial charge in [0, 0.05) is 11.4 Å². The first-order valence-corrected chi connectivity index (χ1v) is 6.87. The molecular formula is C17H18N2O3. The van der Waals surface area contributed by atoms with Crippen LogP contribution >= 0.6 is 0 Å². The lowest BCUT2D eigenvalue weighted by molar-refractivity contribution is -0.114. The monoisotopic (exact) mass is 298 g/mol. The quantitative estimate of drug-likeness (QED) is 0.833. The smallest absolute Gasteiger partial charge is 0.337 e. The average molecular weight is 298 g/mol. The Labute approximate surface area is 129 Å². The Kier molecular flexibility index (Phi) is 5.14. The summed E-state index contributed by atoms with van der Waals surface area (Å²) in [6.07, 6.45) is 0. The van der Waals surface area contributed by atoms with Crippen molar-refractivity contribution >= 4 is 23.3 Å². The van der Waals surface area contributed by atoms with Gasteiger partial charge in [0.25, 0.3) is 0 Å². The molecule has 0 radical (unpaired) electrons. The van der Waals surface area contributed by atoms with E-state index in [-0.39, 0.29) is 12.5 Å². The minimum atomic E-state index is -0.436. The van der Waals surface area contributed by atoms with E-state index in [1.54, 1.807) is 24.3 Å². The van der Waals surface area contributed by atoms with Gasteiger partial charge in [0.15, 0.2) is 0 Å². The lowest BCUT2D eigenvalue weighted by Crippen LogP contribution is -2.21. The summed E-state index contributed by atoms with van der Waals surface area (Å²) in [5.41, 5.74) is 2.96.